The van der Waals surface area contributed by atoms with Crippen molar-refractivity contribution in [3.63, 3.8) is 0 Å². The molecule has 0 aliphatic rings. The van der Waals surface area contributed by atoms with Crippen LogP contribution in [-0.2, 0) is 6.54 Å². The molecule has 0 unspecified atom stereocenters. The molecule has 0 saturated heterocycles. The van der Waals surface area contributed by atoms with Gasteiger partial charge in [-0.3, -0.25) is 0 Å². The monoisotopic (exact) mass is 257 g/mol. The van der Waals surface area contributed by atoms with Crippen molar-refractivity contribution in [2.24, 2.45) is 0 Å². The first-order valence-corrected chi connectivity index (χ1v) is 6.36. The number of carboxylic acids is 1. The molecule has 1 heterocycles. The summed E-state index contributed by atoms with van der Waals surface area (Å²) in [5, 5.41) is 10.1. The number of aromatic carboxylic acids is 1. The maximum Gasteiger partial charge on any atom is 0.352 e. The molecular weight excluding hydrogens is 238 g/mol. The van der Waals surface area contributed by atoms with E-state index in [0.29, 0.717) is 6.54 Å². The standard InChI is InChI=1S/C14H13NO2.C2H6/c1-3-4-7-15-12-6-5-10(2)8-11(12)9-13(15)14(16)17;1-2/h5-6,8-9H,7H2,1-2H3,(H,16,17);1-2H3. The van der Waals surface area contributed by atoms with Crippen molar-refractivity contribution in [1.82, 2.24) is 4.57 Å². The van der Waals surface area contributed by atoms with Crippen LogP contribution in [0.3, 0.4) is 0 Å². The van der Waals surface area contributed by atoms with Gasteiger partial charge in [0.25, 0.3) is 0 Å². The smallest absolute Gasteiger partial charge is 0.352 e. The zero-order valence-corrected chi connectivity index (χ0v) is 11.8. The molecule has 1 aromatic heterocycles. The lowest BCUT2D eigenvalue weighted by Gasteiger charge is -2.03. The highest BCUT2D eigenvalue weighted by Crippen LogP contribution is 2.21. The number of carboxylic acid groups (broad SMARTS) is 1. The van der Waals surface area contributed by atoms with E-state index in [0.717, 1.165) is 16.5 Å². The van der Waals surface area contributed by atoms with E-state index >= 15 is 0 Å². The predicted molar refractivity (Wildman–Crippen MR) is 78.4 cm³/mol. The number of fused-ring (bicyclic) bond motifs is 1. The number of benzene rings is 1. The van der Waals surface area contributed by atoms with Crippen LogP contribution in [-0.4, -0.2) is 15.6 Å². The molecule has 0 bridgehead atoms. The van der Waals surface area contributed by atoms with Gasteiger partial charge in [-0.2, -0.15) is 0 Å². The molecule has 0 aliphatic heterocycles. The van der Waals surface area contributed by atoms with Gasteiger partial charge in [0.2, 0.25) is 0 Å². The van der Waals surface area contributed by atoms with Crippen LogP contribution in [0.25, 0.3) is 10.9 Å². The van der Waals surface area contributed by atoms with Crippen molar-refractivity contribution < 1.29 is 9.90 Å². The van der Waals surface area contributed by atoms with Crippen molar-refractivity contribution in [1.29, 1.82) is 0 Å². The maximum atomic E-state index is 11.2. The summed E-state index contributed by atoms with van der Waals surface area (Å²) >= 11 is 0. The lowest BCUT2D eigenvalue weighted by Crippen LogP contribution is -2.07. The Morgan fingerprint density at radius 2 is 2.00 bits per heavy atom. The third-order valence-electron chi connectivity index (χ3n) is 2.69. The van der Waals surface area contributed by atoms with E-state index < -0.39 is 5.97 Å². The Balaban J connectivity index is 0.000000861. The van der Waals surface area contributed by atoms with E-state index in [9.17, 15) is 4.79 Å². The normalized spacial score (nSPS) is 9.26. The number of hydrogen-bond acceptors (Lipinski definition) is 1. The second-order valence-corrected chi connectivity index (χ2v) is 3.91. The van der Waals surface area contributed by atoms with Gasteiger partial charge in [-0.15, -0.1) is 5.92 Å². The molecule has 0 amide bonds. The molecular formula is C16H19NO2. The maximum absolute atomic E-state index is 11.2. The summed E-state index contributed by atoms with van der Waals surface area (Å²) in [6.07, 6.45) is 0. The number of rotatable bonds is 2. The second-order valence-electron chi connectivity index (χ2n) is 3.91. The first-order chi connectivity index (χ1) is 9.13. The largest absolute Gasteiger partial charge is 0.477 e. The predicted octanol–water partition coefficient (Wildman–Crippen LogP) is 3.70. The van der Waals surface area contributed by atoms with Crippen molar-refractivity contribution in [2.75, 3.05) is 0 Å². The second kappa shape index (κ2) is 6.65. The Bertz CT molecular complexity index is 642. The number of carbonyl (C=O) groups is 1. The first-order valence-electron chi connectivity index (χ1n) is 6.36. The molecule has 19 heavy (non-hydrogen) atoms. The molecule has 0 fully saturated rings. The number of aromatic nitrogens is 1. The molecule has 1 aromatic carbocycles. The molecule has 0 aliphatic carbocycles. The molecule has 2 rings (SSSR count). The van der Waals surface area contributed by atoms with E-state index in [1.807, 2.05) is 39.0 Å². The third-order valence-corrected chi connectivity index (χ3v) is 2.69. The number of hydrogen-bond donors (Lipinski definition) is 1. The Labute approximate surface area is 113 Å². The van der Waals surface area contributed by atoms with E-state index in [1.165, 1.54) is 0 Å². The topological polar surface area (TPSA) is 42.2 Å². The molecule has 0 saturated carbocycles. The van der Waals surface area contributed by atoms with Gasteiger partial charge < -0.3 is 9.67 Å². The van der Waals surface area contributed by atoms with Crippen LogP contribution >= 0.6 is 0 Å². The minimum atomic E-state index is -0.920. The molecule has 1 N–H and O–H groups in total. The zero-order valence-electron chi connectivity index (χ0n) is 11.8. The highest BCUT2D eigenvalue weighted by molar-refractivity contribution is 5.94. The van der Waals surface area contributed by atoms with E-state index in [1.54, 1.807) is 17.6 Å². The molecule has 3 nitrogen and oxygen atoms in total. The van der Waals surface area contributed by atoms with Crippen molar-refractivity contribution in [3.05, 3.63) is 35.5 Å². The summed E-state index contributed by atoms with van der Waals surface area (Å²) in [6, 6.07) is 7.60. The number of aryl methyl sites for hydroxylation is 1. The quantitative estimate of drug-likeness (QED) is 0.833. The average Bonchev–Trinajstić information content (AvgIpc) is 2.76. The van der Waals surface area contributed by atoms with Gasteiger partial charge in [0, 0.05) is 10.9 Å². The Morgan fingerprint density at radius 1 is 1.32 bits per heavy atom. The highest BCUT2D eigenvalue weighted by Gasteiger charge is 2.13. The van der Waals surface area contributed by atoms with Crippen molar-refractivity contribution >= 4 is 16.9 Å². The van der Waals surface area contributed by atoms with Crippen LogP contribution in [0.2, 0.25) is 0 Å². The summed E-state index contributed by atoms with van der Waals surface area (Å²) in [5.74, 6) is 4.77. The molecule has 0 spiro atoms. The summed E-state index contributed by atoms with van der Waals surface area (Å²) in [7, 11) is 0. The summed E-state index contributed by atoms with van der Waals surface area (Å²) < 4.78 is 1.73. The number of nitrogens with zero attached hydrogens (tertiary/aromatic N) is 1. The zero-order chi connectivity index (χ0) is 14.4. The Morgan fingerprint density at radius 3 is 2.58 bits per heavy atom. The van der Waals surface area contributed by atoms with Crippen LogP contribution in [0.5, 0.6) is 0 Å². The lowest BCUT2D eigenvalue weighted by molar-refractivity contribution is 0.0686. The fourth-order valence-corrected chi connectivity index (χ4v) is 1.90. The van der Waals surface area contributed by atoms with Crippen LogP contribution < -0.4 is 0 Å². The summed E-state index contributed by atoms with van der Waals surface area (Å²) in [6.45, 7) is 8.14. The minimum absolute atomic E-state index is 0.286. The fourth-order valence-electron chi connectivity index (χ4n) is 1.90. The van der Waals surface area contributed by atoms with Crippen LogP contribution in [0.15, 0.2) is 24.3 Å². The minimum Gasteiger partial charge on any atom is -0.477 e. The van der Waals surface area contributed by atoms with E-state index in [-0.39, 0.29) is 5.69 Å². The summed E-state index contributed by atoms with van der Waals surface area (Å²) in [5.41, 5.74) is 2.32. The van der Waals surface area contributed by atoms with Gasteiger partial charge in [0.1, 0.15) is 5.69 Å². The average molecular weight is 257 g/mol. The molecule has 100 valence electrons. The molecule has 2 aromatic rings. The van der Waals surface area contributed by atoms with Gasteiger partial charge >= 0.3 is 5.97 Å². The van der Waals surface area contributed by atoms with Gasteiger partial charge in [-0.05, 0) is 32.0 Å². The molecule has 0 radical (unpaired) electrons. The summed E-state index contributed by atoms with van der Waals surface area (Å²) in [4.78, 5) is 11.2. The van der Waals surface area contributed by atoms with Gasteiger partial charge in [-0.1, -0.05) is 31.4 Å². The van der Waals surface area contributed by atoms with Gasteiger partial charge in [-0.25, -0.2) is 4.79 Å². The van der Waals surface area contributed by atoms with E-state index in [2.05, 4.69) is 11.8 Å². The Kier molecular flexibility index (Phi) is 5.20. The highest BCUT2D eigenvalue weighted by atomic mass is 16.4. The van der Waals surface area contributed by atoms with Crippen LogP contribution in [0.1, 0.15) is 36.8 Å². The van der Waals surface area contributed by atoms with Crippen LogP contribution in [0, 0.1) is 18.8 Å². The van der Waals surface area contributed by atoms with Gasteiger partial charge in [0.15, 0.2) is 0 Å². The van der Waals surface area contributed by atoms with Crippen molar-refractivity contribution in [3.8, 4) is 11.8 Å². The third kappa shape index (κ3) is 3.17. The van der Waals surface area contributed by atoms with E-state index in [4.69, 9.17) is 5.11 Å². The lowest BCUT2D eigenvalue weighted by atomic mass is 10.2. The molecule has 3 heteroatoms. The van der Waals surface area contributed by atoms with Crippen LogP contribution in [0.4, 0.5) is 0 Å². The SMILES string of the molecule is CC.CC#CCn1c(C(=O)O)cc2cc(C)ccc21. The van der Waals surface area contributed by atoms with Crippen molar-refractivity contribution in [2.45, 2.75) is 34.2 Å². The first kappa shape index (κ1) is 14.8. The van der Waals surface area contributed by atoms with Gasteiger partial charge in [0.05, 0.1) is 6.54 Å². The fraction of sp³-hybridized carbons (Fsp3) is 0.312. The molecule has 0 atom stereocenters. The Hall–Kier alpha value is -2.21.